The van der Waals surface area contributed by atoms with Crippen LogP contribution >= 0.6 is 23.5 Å². The molecule has 9 heterocycles. The van der Waals surface area contributed by atoms with Crippen LogP contribution in [-0.2, 0) is 113 Å². The molecule has 4 aromatic carbocycles. The third-order valence-electron chi connectivity index (χ3n) is 31.0. The number of hydrogen-bond acceptors (Lipinski definition) is 39. The number of thioether (sulfide) groups is 2. The van der Waals surface area contributed by atoms with Crippen LogP contribution in [0.4, 0.5) is 0 Å². The van der Waals surface area contributed by atoms with E-state index >= 15 is 0 Å². The number of aliphatic hydroxyl groups is 4. The number of hydroxylamine groups is 2. The number of benzene rings is 4. The van der Waals surface area contributed by atoms with Gasteiger partial charge in [-0.3, -0.25) is 91.5 Å². The van der Waals surface area contributed by atoms with Gasteiger partial charge < -0.3 is 108 Å². The van der Waals surface area contributed by atoms with Crippen LogP contribution in [0.5, 0.6) is 34.5 Å². The Bertz CT molecular complexity index is 5890. The number of carbonyl (C=O) groups is 16. The molecule has 2 unspecified atom stereocenters. The van der Waals surface area contributed by atoms with Gasteiger partial charge in [-0.2, -0.15) is 0 Å². The molecule has 143 heavy (non-hydrogen) atoms. The summed E-state index contributed by atoms with van der Waals surface area (Å²) in [4.78, 5) is 226. The molecule has 4 aromatic rings. The van der Waals surface area contributed by atoms with Crippen molar-refractivity contribution in [1.82, 2.24) is 34.5 Å². The van der Waals surface area contributed by atoms with Crippen LogP contribution in [0.3, 0.4) is 0 Å². The molecule has 0 aromatic heterocycles. The molecule has 43 nitrogen and oxygen atoms in total. The lowest BCUT2D eigenvalue weighted by Gasteiger charge is -2.45. The summed E-state index contributed by atoms with van der Waals surface area (Å²) >= 11 is 2.49. The zero-order valence-corrected chi connectivity index (χ0v) is 80.9. The lowest BCUT2D eigenvalue weighted by molar-refractivity contribution is -0.249. The van der Waals surface area contributed by atoms with E-state index in [4.69, 9.17) is 52.2 Å². The van der Waals surface area contributed by atoms with Crippen LogP contribution in [-0.4, -0.2) is 362 Å². The Morgan fingerprint density at radius 2 is 0.874 bits per heavy atom. The van der Waals surface area contributed by atoms with E-state index in [1.54, 1.807) is 23.6 Å². The second-order valence-electron chi connectivity index (χ2n) is 39.1. The van der Waals surface area contributed by atoms with Crippen molar-refractivity contribution in [1.29, 1.82) is 0 Å². The Labute approximate surface area is 826 Å². The Kier molecular flexibility index (Phi) is 29.2. The number of aliphatic hydroxyl groups excluding tert-OH is 2. The Morgan fingerprint density at radius 3 is 1.25 bits per heavy atom. The number of carboxylic acids is 1. The molecular weight excluding hydrogens is 1920 g/mol. The second kappa shape index (κ2) is 40.9. The minimum atomic E-state index is -2.33. The highest BCUT2D eigenvalue weighted by atomic mass is 32.2. The minimum Gasteiger partial charge on any atom is -0.507 e. The first kappa shape index (κ1) is 102. The number of aromatic hydroxyl groups is 4. The third kappa shape index (κ3) is 18.5. The van der Waals surface area contributed by atoms with Crippen molar-refractivity contribution in [2.24, 2.45) is 23.7 Å². The normalized spacial score (nSPS) is 31.9. The van der Waals surface area contributed by atoms with E-state index in [1.165, 1.54) is 98.2 Å². The summed E-state index contributed by atoms with van der Waals surface area (Å²) in [5.74, 6) is -12.5. The van der Waals surface area contributed by atoms with E-state index in [9.17, 15) is 123 Å². The van der Waals surface area contributed by atoms with Gasteiger partial charge in [-0.25, -0.2) is 4.79 Å². The Morgan fingerprint density at radius 1 is 0.483 bits per heavy atom. The standard InChI is InChI=1S/C51H58N4O19S.C47H55N3O17S/c1-23-46-28(17-37(71-23)72-30-20-51(68,32(57)22-56)19-27-39(30)45(65)41-40(43(27)63)42(62)26-5-4-6-29(69-2)38(26)44(41)64)52-14-15-53(48(70-3)49(52)73-46)33(58)13-16-75-31-18-36(61)54(47(31)66)21-24-7-9-25(10-8-24)50(67)74-55-34(59)11-12-35(55)60;1-21-42-26(48-12-13-49(44(64-3)45(48)67-42)31(53)11-14-68-29-16-32(54)50(43(29)59)19-22-7-9-23(10-8-22)46(60)61)15-33(65-21)66-28-18-47(62,30(52)20-51)17-25-35(28)41(58)37-36(39(25)56)38(55)24-5-4-6-27(63-2)34(24)40(37)57/h4-6,23-25,28,30-31,37,46,48-49,56,63,65,68H,7-22H2,1-3H3;4-6,21-23,26,28-29,33,42,44-45,51,56,58,62H,7-20H2,1-3H3,(H,60,61)/t23-,24?,25?,28-,30-,31?,37-,46+,48+,49+,51-;21-,22?,23?,26-,28-,29?,33-,42+,44+,45+,47-/m00/s1. The highest BCUT2D eigenvalue weighted by molar-refractivity contribution is 8.00. The number of ketones is 6. The maximum atomic E-state index is 14.1. The first-order valence-electron chi connectivity index (χ1n) is 48.1. The van der Waals surface area contributed by atoms with Crippen molar-refractivity contribution in [3.8, 4) is 34.5 Å². The van der Waals surface area contributed by atoms with E-state index in [-0.39, 0.29) is 204 Å². The number of phenolic OH excluding ortho intramolecular Hbond substituents is 4. The molecule has 15 aliphatic rings. The van der Waals surface area contributed by atoms with E-state index in [0.29, 0.717) is 69.5 Å². The number of likely N-dealkylation sites (tertiary alicyclic amines) is 2. The summed E-state index contributed by atoms with van der Waals surface area (Å²) in [6.07, 6.45) is -8.17. The number of nitrogens with zero attached hydrogens (tertiary/aromatic N) is 7. The molecule has 0 bridgehead atoms. The van der Waals surface area contributed by atoms with E-state index in [1.807, 2.05) is 9.80 Å². The second-order valence-corrected chi connectivity index (χ2v) is 41.7. The van der Waals surface area contributed by atoms with E-state index in [0.717, 1.165) is 0 Å². The van der Waals surface area contributed by atoms with E-state index in [2.05, 4.69) is 0 Å². The van der Waals surface area contributed by atoms with Crippen molar-refractivity contribution in [2.45, 2.75) is 250 Å². The van der Waals surface area contributed by atoms with Gasteiger partial charge in [0.25, 0.3) is 11.8 Å². The number of Topliss-reactive ketones (excluding diaryl/α,β-unsaturated/α-hetero) is 2. The summed E-state index contributed by atoms with van der Waals surface area (Å²) < 4.78 is 61.4. The van der Waals surface area contributed by atoms with Gasteiger partial charge in [0.15, 0.2) is 60.6 Å². The first-order valence-corrected chi connectivity index (χ1v) is 50.2. The fourth-order valence-electron chi connectivity index (χ4n) is 23.7. The van der Waals surface area contributed by atoms with Gasteiger partial charge >= 0.3 is 11.9 Å². The molecule has 9 aliphatic heterocycles. The maximum absolute atomic E-state index is 14.1. The van der Waals surface area contributed by atoms with Crippen LogP contribution in [0.1, 0.15) is 228 Å². The van der Waals surface area contributed by atoms with E-state index < -0.39 is 250 Å². The number of imide groups is 3. The van der Waals surface area contributed by atoms with Gasteiger partial charge in [0.05, 0.1) is 94.4 Å². The number of carboxylic acid groups (broad SMARTS) is 1. The molecule has 18 atom stereocenters. The number of aliphatic carboxylic acids is 1. The highest BCUT2D eigenvalue weighted by Crippen LogP contribution is 2.57. The van der Waals surface area contributed by atoms with Crippen LogP contribution in [0.2, 0.25) is 0 Å². The minimum absolute atomic E-state index is 0.000189. The third-order valence-corrected chi connectivity index (χ3v) is 33.5. The SMILES string of the molecule is COc1cccc2c1C(=O)c1c(O)c3c(c(O)c1C2=O)C[C@@](O)(C(=O)CO)C[C@@H]3O[C@H]1C[C@H]2[C@H](O[C@@H]3[C@@H](OC)N(C(=O)CCSC4CC(=O)N(CC5CCC(C(=O)O)CC5)C4=O)CCN32)[C@H](C)O1.COc1cccc2c1C(=O)c1c(O)c3c(c(O)c1C2=O)C[C@@](O)(C(=O)CO)C[C@@H]3O[C@H]1C[C@H]2[C@H](O[C@@H]3[C@@H](OC)N(C(=O)CCSC4CC(=O)N(CC5CCC(C(=O)ON6C(=O)CCC6=O)CC5)C4=O)CCN32)[C@H](C)O1. The van der Waals surface area contributed by atoms with Crippen LogP contribution in [0, 0.1) is 23.7 Å². The number of fused-ring (bicyclic) bond motifs is 12. The molecule has 9 N–H and O–H groups in total. The molecule has 19 rings (SSSR count). The van der Waals surface area contributed by atoms with Gasteiger partial charge in [-0.15, -0.1) is 28.6 Å². The maximum Gasteiger partial charge on any atom is 0.336 e. The average Bonchev–Trinajstić information content (AvgIpc) is 1.60. The molecule has 768 valence electrons. The largest absolute Gasteiger partial charge is 0.507 e. The fourth-order valence-corrected chi connectivity index (χ4v) is 25.9. The van der Waals surface area contributed by atoms with Crippen molar-refractivity contribution in [2.75, 3.05) is 92.4 Å². The molecule has 8 amide bonds. The number of piperazine rings is 2. The van der Waals surface area contributed by atoms with Gasteiger partial charge in [0.2, 0.25) is 47.0 Å². The monoisotopic (exact) mass is 2030 g/mol. The quantitative estimate of drug-likeness (QED) is 0.0264. The van der Waals surface area contributed by atoms with Crippen molar-refractivity contribution in [3.63, 3.8) is 0 Å². The summed E-state index contributed by atoms with van der Waals surface area (Å²) in [5, 5.41) is 99.4. The van der Waals surface area contributed by atoms with Gasteiger partial charge in [-0.1, -0.05) is 24.3 Å². The first-order chi connectivity index (χ1) is 68.4. The topological polar surface area (TPSA) is 579 Å². The lowest BCUT2D eigenvalue weighted by Crippen LogP contribution is -2.62. The summed E-state index contributed by atoms with van der Waals surface area (Å²) in [5.41, 5.74) is -7.74. The molecule has 9 saturated heterocycles. The number of ether oxygens (including phenoxy) is 10. The highest BCUT2D eigenvalue weighted by Gasteiger charge is 2.61. The van der Waals surface area contributed by atoms with Crippen LogP contribution in [0.15, 0.2) is 36.4 Å². The van der Waals surface area contributed by atoms with Crippen LogP contribution < -0.4 is 9.47 Å². The summed E-state index contributed by atoms with van der Waals surface area (Å²) in [7, 11) is 5.56. The summed E-state index contributed by atoms with van der Waals surface area (Å²) in [6.45, 7) is 3.07. The number of hydrogen-bond donors (Lipinski definition) is 9. The van der Waals surface area contributed by atoms with Gasteiger partial charge in [0.1, 0.15) is 71.1 Å². The molecule has 0 spiro atoms. The Balaban J connectivity index is 0.000000189. The average molecular weight is 2030 g/mol. The predicted molar refractivity (Wildman–Crippen MR) is 489 cm³/mol. The zero-order valence-electron chi connectivity index (χ0n) is 79.2. The van der Waals surface area contributed by atoms with Crippen molar-refractivity contribution < 1.29 is 175 Å². The summed E-state index contributed by atoms with van der Waals surface area (Å²) in [6, 6.07) is 7.96. The molecule has 2 saturated carbocycles. The number of amides is 8. The van der Waals surface area contributed by atoms with Crippen molar-refractivity contribution in [3.05, 3.63) is 103 Å². The van der Waals surface area contributed by atoms with Gasteiger partial charge in [0, 0.05) is 188 Å². The number of methoxy groups -OCH3 is 4. The number of phenols is 4. The molecule has 11 fully saturated rings. The molecule has 6 aliphatic carbocycles. The number of carbonyl (C=O) groups excluding carboxylic acids is 15. The smallest absolute Gasteiger partial charge is 0.336 e. The van der Waals surface area contributed by atoms with Crippen molar-refractivity contribution >= 4 is 117 Å². The van der Waals surface area contributed by atoms with Crippen LogP contribution in [0.25, 0.3) is 0 Å². The molecule has 45 heteroatoms. The fraction of sp³-hybridized carbons (Fsp3) is 0.592. The predicted octanol–water partition coefficient (Wildman–Crippen LogP) is 2.85. The Hall–Kier alpha value is -10.9. The van der Waals surface area contributed by atoms with Gasteiger partial charge in [-0.05, 0) is 89.2 Å². The zero-order chi connectivity index (χ0) is 102. The molecule has 0 radical (unpaired) electrons. The molecular formula is C98H113N7O36S2. The number of rotatable bonds is 27. The lowest BCUT2D eigenvalue weighted by atomic mass is 9.72.